The predicted octanol–water partition coefficient (Wildman–Crippen LogP) is 4.13. The van der Waals surface area contributed by atoms with E-state index >= 15 is 0 Å². The van der Waals surface area contributed by atoms with Crippen molar-refractivity contribution in [3.63, 3.8) is 0 Å². The van der Waals surface area contributed by atoms with E-state index in [0.29, 0.717) is 17.3 Å². The van der Waals surface area contributed by atoms with Gasteiger partial charge in [0, 0.05) is 17.8 Å². The zero-order valence-corrected chi connectivity index (χ0v) is 17.7. The van der Waals surface area contributed by atoms with E-state index in [2.05, 4.69) is 5.32 Å². The summed E-state index contributed by atoms with van der Waals surface area (Å²) in [4.78, 5) is 28.7. The van der Waals surface area contributed by atoms with Gasteiger partial charge in [0.15, 0.2) is 0 Å². The summed E-state index contributed by atoms with van der Waals surface area (Å²) < 4.78 is 0. The van der Waals surface area contributed by atoms with Crippen molar-refractivity contribution in [2.75, 3.05) is 32.0 Å². The number of halogens is 1. The predicted molar refractivity (Wildman–Crippen MR) is 115 cm³/mol. The van der Waals surface area contributed by atoms with Crippen molar-refractivity contribution in [1.29, 1.82) is 0 Å². The molecule has 1 N–H and O–H groups in total. The molecule has 0 radical (unpaired) electrons. The first-order chi connectivity index (χ1) is 13.3. The van der Waals surface area contributed by atoms with Gasteiger partial charge in [-0.15, -0.1) is 0 Å². The summed E-state index contributed by atoms with van der Waals surface area (Å²) in [5.74, 6) is -0.191. The van der Waals surface area contributed by atoms with E-state index in [4.69, 9.17) is 11.6 Å². The van der Waals surface area contributed by atoms with Gasteiger partial charge in [-0.25, -0.2) is 0 Å². The topological polar surface area (TPSA) is 52.7 Å². The molecule has 28 heavy (non-hydrogen) atoms. The van der Waals surface area contributed by atoms with Crippen LogP contribution in [0.4, 0.5) is 5.69 Å². The molecule has 0 spiro atoms. The fourth-order valence-corrected chi connectivity index (χ4v) is 3.05. The Balaban J connectivity index is 1.94. The van der Waals surface area contributed by atoms with E-state index < -0.39 is 0 Å². The number of nitrogens with zero attached hydrogens (tertiary/aromatic N) is 2. The van der Waals surface area contributed by atoms with Crippen LogP contribution in [0, 0.1) is 6.92 Å². The van der Waals surface area contributed by atoms with Crippen LogP contribution in [0.15, 0.2) is 48.5 Å². The largest absolute Gasteiger partial charge is 0.338 e. The summed E-state index contributed by atoms with van der Waals surface area (Å²) in [6.45, 7) is 6.77. The van der Waals surface area contributed by atoms with Gasteiger partial charge in [-0.3, -0.25) is 14.5 Å². The molecule has 2 aromatic rings. The first-order valence-electron chi connectivity index (χ1n) is 9.40. The van der Waals surface area contributed by atoms with Crippen molar-refractivity contribution in [3.8, 4) is 0 Å². The van der Waals surface area contributed by atoms with Crippen LogP contribution in [0.2, 0.25) is 5.02 Å². The number of likely N-dealkylation sites (N-methyl/N-ethyl adjacent to an activating group) is 2. The maximum atomic E-state index is 12.7. The molecule has 5 nitrogen and oxygen atoms in total. The number of anilines is 1. The third-order valence-electron chi connectivity index (χ3n) is 4.90. The van der Waals surface area contributed by atoms with Crippen molar-refractivity contribution < 1.29 is 9.59 Å². The maximum absolute atomic E-state index is 12.7. The molecule has 0 unspecified atom stereocenters. The lowest BCUT2D eigenvalue weighted by Gasteiger charge is -2.28. The first-order valence-corrected chi connectivity index (χ1v) is 9.78. The van der Waals surface area contributed by atoms with Gasteiger partial charge >= 0.3 is 0 Å². The minimum Gasteiger partial charge on any atom is -0.338 e. The molecule has 0 aliphatic heterocycles. The molecule has 2 aromatic carbocycles. The van der Waals surface area contributed by atoms with Crippen LogP contribution in [-0.2, 0) is 9.59 Å². The number of benzene rings is 2. The highest BCUT2D eigenvalue weighted by molar-refractivity contribution is 6.31. The Labute approximate surface area is 172 Å². The highest BCUT2D eigenvalue weighted by Crippen LogP contribution is 2.20. The standard InChI is InChI=1S/C22H28ClN3O2/c1-5-26(14-21(27)24-20-13-19(23)12-11-16(20)2)15-22(28)25(4)17(3)18-9-7-6-8-10-18/h6-13,17H,5,14-15H2,1-4H3,(H,24,27)/t17-/m1/s1. The SMILES string of the molecule is CCN(CC(=O)Nc1cc(Cl)ccc1C)CC(=O)N(C)[C@H](C)c1ccccc1. The van der Waals surface area contributed by atoms with Gasteiger partial charge < -0.3 is 10.2 Å². The number of carbonyl (C=O) groups excluding carboxylic acids is 2. The van der Waals surface area contributed by atoms with E-state index in [0.717, 1.165) is 11.1 Å². The van der Waals surface area contributed by atoms with Gasteiger partial charge in [-0.1, -0.05) is 54.9 Å². The molecule has 2 rings (SSSR count). The quantitative estimate of drug-likeness (QED) is 0.723. The van der Waals surface area contributed by atoms with Crippen molar-refractivity contribution in [2.24, 2.45) is 0 Å². The molecule has 0 saturated heterocycles. The molecular weight excluding hydrogens is 374 g/mol. The molecule has 150 valence electrons. The molecule has 0 saturated carbocycles. The summed E-state index contributed by atoms with van der Waals surface area (Å²) >= 11 is 6.01. The summed E-state index contributed by atoms with van der Waals surface area (Å²) in [5.41, 5.74) is 2.71. The van der Waals surface area contributed by atoms with E-state index in [9.17, 15) is 9.59 Å². The third kappa shape index (κ3) is 6.08. The van der Waals surface area contributed by atoms with E-state index in [-0.39, 0.29) is 30.9 Å². The Bertz CT molecular complexity index is 811. The number of hydrogen-bond donors (Lipinski definition) is 1. The minimum atomic E-state index is -0.168. The Morgan fingerprint density at radius 1 is 1.11 bits per heavy atom. The Hall–Kier alpha value is -2.37. The number of carbonyl (C=O) groups is 2. The molecule has 0 aromatic heterocycles. The molecule has 0 aliphatic carbocycles. The molecule has 6 heteroatoms. The van der Waals surface area contributed by atoms with Crippen LogP contribution in [0.25, 0.3) is 0 Å². The number of aryl methyl sites for hydroxylation is 1. The lowest BCUT2D eigenvalue weighted by Crippen LogP contribution is -2.42. The van der Waals surface area contributed by atoms with Gasteiger partial charge in [0.2, 0.25) is 11.8 Å². The number of nitrogens with one attached hydrogen (secondary N) is 1. The second-order valence-electron chi connectivity index (χ2n) is 6.90. The number of rotatable bonds is 8. The average molecular weight is 402 g/mol. The van der Waals surface area contributed by atoms with Gasteiger partial charge in [-0.2, -0.15) is 0 Å². The lowest BCUT2D eigenvalue weighted by atomic mass is 10.1. The fourth-order valence-electron chi connectivity index (χ4n) is 2.88. The van der Waals surface area contributed by atoms with Crippen LogP contribution in [-0.4, -0.2) is 48.3 Å². The highest BCUT2D eigenvalue weighted by atomic mass is 35.5. The van der Waals surface area contributed by atoms with Crippen LogP contribution in [0.3, 0.4) is 0 Å². The summed E-state index contributed by atoms with van der Waals surface area (Å²) in [6, 6.07) is 15.2. The lowest BCUT2D eigenvalue weighted by molar-refractivity contribution is -0.133. The van der Waals surface area contributed by atoms with Crippen LogP contribution in [0.5, 0.6) is 0 Å². The molecule has 1 atom stereocenters. The van der Waals surface area contributed by atoms with Crippen molar-refractivity contribution in [3.05, 3.63) is 64.7 Å². The second-order valence-corrected chi connectivity index (χ2v) is 7.34. The Kier molecular flexibility index (Phi) is 8.03. The zero-order chi connectivity index (χ0) is 20.7. The number of hydrogen-bond acceptors (Lipinski definition) is 3. The van der Waals surface area contributed by atoms with Crippen LogP contribution in [0.1, 0.15) is 31.0 Å². The monoisotopic (exact) mass is 401 g/mol. The third-order valence-corrected chi connectivity index (χ3v) is 5.14. The minimum absolute atomic E-state index is 0.0232. The Morgan fingerprint density at radius 3 is 2.43 bits per heavy atom. The molecule has 2 amide bonds. The van der Waals surface area contributed by atoms with Gasteiger partial charge in [0.25, 0.3) is 0 Å². The van der Waals surface area contributed by atoms with Crippen molar-refractivity contribution in [2.45, 2.75) is 26.8 Å². The zero-order valence-electron chi connectivity index (χ0n) is 16.9. The Morgan fingerprint density at radius 2 is 1.79 bits per heavy atom. The molecule has 0 bridgehead atoms. The second kappa shape index (κ2) is 10.2. The van der Waals surface area contributed by atoms with Crippen molar-refractivity contribution >= 4 is 29.1 Å². The van der Waals surface area contributed by atoms with E-state index in [1.165, 1.54) is 0 Å². The van der Waals surface area contributed by atoms with Crippen molar-refractivity contribution in [1.82, 2.24) is 9.80 Å². The maximum Gasteiger partial charge on any atom is 0.238 e. The van der Waals surface area contributed by atoms with Gasteiger partial charge in [-0.05, 0) is 43.7 Å². The molecule has 0 heterocycles. The summed E-state index contributed by atoms with van der Waals surface area (Å²) in [7, 11) is 1.79. The van der Waals surface area contributed by atoms with E-state index in [1.54, 1.807) is 24.1 Å². The summed E-state index contributed by atoms with van der Waals surface area (Å²) in [5, 5.41) is 3.45. The van der Waals surface area contributed by atoms with E-state index in [1.807, 2.05) is 62.1 Å². The number of amides is 2. The molecule has 0 aliphatic rings. The molecular formula is C22H28ClN3O2. The smallest absolute Gasteiger partial charge is 0.238 e. The molecule has 0 fully saturated rings. The van der Waals surface area contributed by atoms with Gasteiger partial charge in [0.05, 0.1) is 19.1 Å². The average Bonchev–Trinajstić information content (AvgIpc) is 2.69. The van der Waals surface area contributed by atoms with Crippen LogP contribution >= 0.6 is 11.6 Å². The van der Waals surface area contributed by atoms with Crippen LogP contribution < -0.4 is 5.32 Å². The normalized spacial score (nSPS) is 11.9. The fraction of sp³-hybridized carbons (Fsp3) is 0.364. The highest BCUT2D eigenvalue weighted by Gasteiger charge is 2.20. The summed E-state index contributed by atoms with van der Waals surface area (Å²) in [6.07, 6.45) is 0. The first kappa shape index (κ1) is 21.9. The van der Waals surface area contributed by atoms with Gasteiger partial charge in [0.1, 0.15) is 0 Å².